The Kier molecular flexibility index (Phi) is 4.63. The van der Waals surface area contributed by atoms with Gasteiger partial charge in [-0.05, 0) is 55.0 Å². The fourth-order valence-electron chi connectivity index (χ4n) is 1.50. The van der Waals surface area contributed by atoms with Gasteiger partial charge in [0, 0.05) is 0 Å². The molecule has 3 nitrogen and oxygen atoms in total. The zero-order valence-electron chi connectivity index (χ0n) is 10.0. The van der Waals surface area contributed by atoms with E-state index in [0.29, 0.717) is 8.95 Å². The summed E-state index contributed by atoms with van der Waals surface area (Å²) in [5, 5.41) is 19.8. The summed E-state index contributed by atoms with van der Waals surface area (Å²) in [5.41, 5.74) is 6.51. The van der Waals surface area contributed by atoms with Crippen molar-refractivity contribution < 1.29 is 10.2 Å². The molecular weight excluding hydrogens is 350 g/mol. The zero-order chi connectivity index (χ0) is 13.4. The van der Waals surface area contributed by atoms with Gasteiger partial charge in [-0.15, -0.1) is 0 Å². The van der Waals surface area contributed by atoms with E-state index in [2.05, 4.69) is 31.9 Å². The normalized spacial score (nSPS) is 15.7. The second-order valence-electron chi connectivity index (χ2n) is 5.17. The van der Waals surface area contributed by atoms with Crippen LogP contribution in [0, 0.1) is 5.41 Å². The predicted octanol–water partition coefficient (Wildman–Crippen LogP) is 3.32. The van der Waals surface area contributed by atoms with Gasteiger partial charge in [-0.1, -0.05) is 20.8 Å². The van der Waals surface area contributed by atoms with Crippen LogP contribution in [-0.2, 0) is 0 Å². The Morgan fingerprint density at radius 3 is 1.94 bits per heavy atom. The Morgan fingerprint density at radius 1 is 1.18 bits per heavy atom. The highest BCUT2D eigenvalue weighted by Crippen LogP contribution is 2.37. The molecule has 1 aromatic carbocycles. The minimum Gasteiger partial charge on any atom is -0.506 e. The monoisotopic (exact) mass is 365 g/mol. The maximum absolute atomic E-state index is 10.1. The van der Waals surface area contributed by atoms with Crippen LogP contribution in [0.25, 0.3) is 0 Å². The molecule has 0 bridgehead atoms. The third kappa shape index (κ3) is 3.44. The van der Waals surface area contributed by atoms with Crippen LogP contribution in [0.1, 0.15) is 32.4 Å². The predicted molar refractivity (Wildman–Crippen MR) is 75.9 cm³/mol. The van der Waals surface area contributed by atoms with Gasteiger partial charge in [-0.2, -0.15) is 0 Å². The van der Waals surface area contributed by atoms with Gasteiger partial charge >= 0.3 is 0 Å². The average Bonchev–Trinajstić information content (AvgIpc) is 2.21. The van der Waals surface area contributed by atoms with Crippen LogP contribution >= 0.6 is 31.9 Å². The molecule has 0 aliphatic carbocycles. The van der Waals surface area contributed by atoms with E-state index in [4.69, 9.17) is 5.73 Å². The van der Waals surface area contributed by atoms with Crippen LogP contribution in [0.4, 0.5) is 0 Å². The first-order chi connectivity index (χ1) is 7.64. The number of nitrogens with two attached hydrogens (primary N) is 1. The number of phenols is 1. The lowest BCUT2D eigenvalue weighted by molar-refractivity contribution is 0.0400. The summed E-state index contributed by atoms with van der Waals surface area (Å²) in [6, 6.07) is 2.95. The van der Waals surface area contributed by atoms with Gasteiger partial charge in [0.2, 0.25) is 0 Å². The van der Waals surface area contributed by atoms with E-state index in [1.807, 2.05) is 20.8 Å². The molecule has 96 valence electrons. The minimum atomic E-state index is -0.661. The summed E-state index contributed by atoms with van der Waals surface area (Å²) < 4.78 is 1.11. The van der Waals surface area contributed by atoms with Crippen LogP contribution in [0.3, 0.4) is 0 Å². The lowest BCUT2D eigenvalue weighted by atomic mass is 9.82. The molecule has 1 aromatic rings. The molecular formula is C12H17Br2NO2. The molecule has 0 spiro atoms. The Morgan fingerprint density at radius 2 is 1.59 bits per heavy atom. The highest BCUT2D eigenvalue weighted by Gasteiger charge is 2.29. The maximum atomic E-state index is 10.1. The largest absolute Gasteiger partial charge is 0.506 e. The van der Waals surface area contributed by atoms with Crippen molar-refractivity contribution in [1.82, 2.24) is 0 Å². The highest BCUT2D eigenvalue weighted by atomic mass is 79.9. The second kappa shape index (κ2) is 5.26. The molecule has 0 aromatic heterocycles. The van der Waals surface area contributed by atoms with E-state index in [-0.39, 0.29) is 11.2 Å². The molecule has 17 heavy (non-hydrogen) atoms. The number of halogens is 2. The van der Waals surface area contributed by atoms with Crippen LogP contribution in [0.15, 0.2) is 21.1 Å². The number of aliphatic hydroxyl groups is 1. The molecule has 0 fully saturated rings. The van der Waals surface area contributed by atoms with Crippen LogP contribution in [0.5, 0.6) is 5.75 Å². The average molecular weight is 367 g/mol. The summed E-state index contributed by atoms with van der Waals surface area (Å²) in [7, 11) is 0. The fourth-order valence-corrected chi connectivity index (χ4v) is 2.72. The Bertz CT molecular complexity index is 392. The van der Waals surface area contributed by atoms with Crippen molar-refractivity contribution in [2.75, 3.05) is 0 Å². The molecule has 0 amide bonds. The number of hydrogen-bond donors (Lipinski definition) is 3. The first-order valence-corrected chi connectivity index (χ1v) is 6.84. The topological polar surface area (TPSA) is 66.5 Å². The first-order valence-electron chi connectivity index (χ1n) is 5.26. The minimum absolute atomic E-state index is 0.131. The summed E-state index contributed by atoms with van der Waals surface area (Å²) >= 11 is 6.50. The summed E-state index contributed by atoms with van der Waals surface area (Å²) in [4.78, 5) is 0. The Balaban J connectivity index is 3.09. The molecule has 0 radical (unpaired) electrons. The van der Waals surface area contributed by atoms with Gasteiger partial charge in [0.1, 0.15) is 5.75 Å². The standard InChI is InChI=1S/C12H17Br2NO2/c1-12(2,3)11(17)9(15)6-4-7(13)10(16)8(14)5-6/h4-5,9,11,16-17H,15H2,1-3H3/t9-,11-/m1/s1. The molecule has 4 N–H and O–H groups in total. The van der Waals surface area contributed by atoms with Crippen LogP contribution in [-0.4, -0.2) is 16.3 Å². The van der Waals surface area contributed by atoms with E-state index >= 15 is 0 Å². The number of hydrogen-bond acceptors (Lipinski definition) is 3. The van der Waals surface area contributed by atoms with E-state index in [9.17, 15) is 10.2 Å². The number of aliphatic hydroxyl groups excluding tert-OH is 1. The van der Waals surface area contributed by atoms with Gasteiger partial charge in [-0.25, -0.2) is 0 Å². The second-order valence-corrected chi connectivity index (χ2v) is 6.88. The van der Waals surface area contributed by atoms with Gasteiger partial charge in [0.05, 0.1) is 21.1 Å². The lowest BCUT2D eigenvalue weighted by Crippen LogP contribution is -2.36. The summed E-state index contributed by atoms with van der Waals surface area (Å²) in [5.74, 6) is 0.131. The van der Waals surface area contributed by atoms with E-state index in [0.717, 1.165) is 5.56 Å². The van der Waals surface area contributed by atoms with E-state index in [1.54, 1.807) is 12.1 Å². The summed E-state index contributed by atoms with van der Waals surface area (Å²) in [6.07, 6.45) is -0.661. The molecule has 2 atom stereocenters. The molecule has 0 saturated carbocycles. The fraction of sp³-hybridized carbons (Fsp3) is 0.500. The molecule has 0 aliphatic rings. The Hall–Kier alpha value is -0.100. The number of rotatable bonds is 2. The maximum Gasteiger partial charge on any atom is 0.143 e. The van der Waals surface area contributed by atoms with E-state index < -0.39 is 12.1 Å². The van der Waals surface area contributed by atoms with Crippen molar-refractivity contribution in [3.05, 3.63) is 26.6 Å². The van der Waals surface area contributed by atoms with Crippen molar-refractivity contribution in [3.63, 3.8) is 0 Å². The van der Waals surface area contributed by atoms with Gasteiger partial charge in [0.15, 0.2) is 0 Å². The Labute approximate surface area is 118 Å². The third-order valence-corrected chi connectivity index (χ3v) is 3.86. The van der Waals surface area contributed by atoms with Crippen molar-refractivity contribution in [2.45, 2.75) is 32.9 Å². The van der Waals surface area contributed by atoms with Crippen molar-refractivity contribution in [2.24, 2.45) is 11.1 Å². The molecule has 0 aliphatic heterocycles. The highest BCUT2D eigenvalue weighted by molar-refractivity contribution is 9.11. The third-order valence-electron chi connectivity index (χ3n) is 2.65. The molecule has 1 rings (SSSR count). The van der Waals surface area contributed by atoms with Gasteiger partial charge in [0.25, 0.3) is 0 Å². The molecule has 5 heteroatoms. The molecule has 0 unspecified atom stereocenters. The molecule has 0 saturated heterocycles. The van der Waals surface area contributed by atoms with Crippen molar-refractivity contribution >= 4 is 31.9 Å². The SMILES string of the molecule is CC(C)(C)[C@H](O)[C@H](N)c1cc(Br)c(O)c(Br)c1. The zero-order valence-corrected chi connectivity index (χ0v) is 13.2. The van der Waals surface area contributed by atoms with Crippen LogP contribution < -0.4 is 5.73 Å². The molecule has 0 heterocycles. The van der Waals surface area contributed by atoms with Gasteiger partial charge < -0.3 is 15.9 Å². The lowest BCUT2D eigenvalue weighted by Gasteiger charge is -2.31. The number of benzene rings is 1. The van der Waals surface area contributed by atoms with Crippen molar-refractivity contribution in [3.8, 4) is 5.75 Å². The van der Waals surface area contributed by atoms with E-state index in [1.165, 1.54) is 0 Å². The smallest absolute Gasteiger partial charge is 0.143 e. The first kappa shape index (κ1) is 15.0. The summed E-state index contributed by atoms with van der Waals surface area (Å²) in [6.45, 7) is 5.80. The number of aromatic hydroxyl groups is 1. The number of phenolic OH excluding ortho intramolecular Hbond substituents is 1. The van der Waals surface area contributed by atoms with Crippen molar-refractivity contribution in [1.29, 1.82) is 0 Å². The van der Waals surface area contributed by atoms with Gasteiger partial charge in [-0.3, -0.25) is 0 Å². The quantitative estimate of drug-likeness (QED) is 0.752. The van der Waals surface area contributed by atoms with Crippen LogP contribution in [0.2, 0.25) is 0 Å².